The van der Waals surface area contributed by atoms with Crippen LogP contribution in [-0.4, -0.2) is 31.7 Å². The van der Waals surface area contributed by atoms with Crippen molar-refractivity contribution in [2.45, 2.75) is 38.6 Å². The molecule has 0 aromatic rings. The van der Waals surface area contributed by atoms with E-state index >= 15 is 0 Å². The van der Waals surface area contributed by atoms with Crippen LogP contribution in [0.5, 0.6) is 0 Å². The molecule has 1 saturated heterocycles. The highest BCUT2D eigenvalue weighted by Gasteiger charge is 2.23. The third-order valence-electron chi connectivity index (χ3n) is 3.95. The Hall–Kier alpha value is -0.770. The molecule has 0 spiro atoms. The minimum absolute atomic E-state index is 0.0162. The molecule has 2 rings (SSSR count). The van der Waals surface area contributed by atoms with Crippen molar-refractivity contribution in [2.75, 3.05) is 19.6 Å². The number of carbonyl (C=O) groups excluding carboxylic acids is 1. The van der Waals surface area contributed by atoms with Crippen LogP contribution in [0.2, 0.25) is 0 Å². The summed E-state index contributed by atoms with van der Waals surface area (Å²) in [4.78, 5) is 11.6. The standard InChI is InChI=1S/C12H23N3O/c1-9-5-6-13-7-10(9)8-14-12(16)15-11-3-2-4-11/h9-11,13H,2-8H2,1H3,(H2,14,15,16). The van der Waals surface area contributed by atoms with Crippen molar-refractivity contribution in [2.24, 2.45) is 11.8 Å². The van der Waals surface area contributed by atoms with Gasteiger partial charge in [0.1, 0.15) is 0 Å². The quantitative estimate of drug-likeness (QED) is 0.673. The van der Waals surface area contributed by atoms with E-state index in [0.717, 1.165) is 32.5 Å². The third kappa shape index (κ3) is 3.11. The van der Waals surface area contributed by atoms with Crippen LogP contribution in [0.25, 0.3) is 0 Å². The molecule has 2 aliphatic rings. The van der Waals surface area contributed by atoms with Gasteiger partial charge in [-0.25, -0.2) is 4.79 Å². The Bertz CT molecular complexity index is 240. The molecule has 0 aromatic heterocycles. The van der Waals surface area contributed by atoms with Gasteiger partial charge >= 0.3 is 6.03 Å². The van der Waals surface area contributed by atoms with E-state index in [0.29, 0.717) is 17.9 Å². The summed E-state index contributed by atoms with van der Waals surface area (Å²) in [6.45, 7) is 5.22. The van der Waals surface area contributed by atoms with E-state index in [9.17, 15) is 4.79 Å². The van der Waals surface area contributed by atoms with Gasteiger partial charge in [-0.05, 0) is 50.6 Å². The zero-order chi connectivity index (χ0) is 11.4. The summed E-state index contributed by atoms with van der Waals surface area (Å²) >= 11 is 0. The van der Waals surface area contributed by atoms with Crippen LogP contribution in [0.4, 0.5) is 4.79 Å². The van der Waals surface area contributed by atoms with Gasteiger partial charge in [-0.15, -0.1) is 0 Å². The summed E-state index contributed by atoms with van der Waals surface area (Å²) in [5.41, 5.74) is 0. The van der Waals surface area contributed by atoms with Gasteiger partial charge < -0.3 is 16.0 Å². The molecule has 92 valence electrons. The summed E-state index contributed by atoms with van der Waals surface area (Å²) < 4.78 is 0. The molecular weight excluding hydrogens is 202 g/mol. The second kappa shape index (κ2) is 5.53. The second-order valence-corrected chi connectivity index (χ2v) is 5.21. The third-order valence-corrected chi connectivity index (χ3v) is 3.95. The first-order valence-electron chi connectivity index (χ1n) is 6.51. The summed E-state index contributed by atoms with van der Waals surface area (Å²) in [5.74, 6) is 1.30. The maximum atomic E-state index is 11.6. The van der Waals surface area contributed by atoms with E-state index < -0.39 is 0 Å². The second-order valence-electron chi connectivity index (χ2n) is 5.21. The van der Waals surface area contributed by atoms with Gasteiger partial charge in [0.25, 0.3) is 0 Å². The molecule has 1 saturated carbocycles. The number of nitrogens with one attached hydrogen (secondary N) is 3. The highest BCUT2D eigenvalue weighted by atomic mass is 16.2. The normalized spacial score (nSPS) is 30.6. The van der Waals surface area contributed by atoms with E-state index in [1.54, 1.807) is 0 Å². The Morgan fingerprint density at radius 1 is 1.38 bits per heavy atom. The van der Waals surface area contributed by atoms with E-state index in [4.69, 9.17) is 0 Å². The predicted octanol–water partition coefficient (Wildman–Crippen LogP) is 1.08. The van der Waals surface area contributed by atoms with Crippen LogP contribution < -0.4 is 16.0 Å². The fourth-order valence-electron chi connectivity index (χ4n) is 2.34. The fourth-order valence-corrected chi connectivity index (χ4v) is 2.34. The molecule has 2 atom stereocenters. The lowest BCUT2D eigenvalue weighted by molar-refractivity contribution is 0.218. The molecule has 16 heavy (non-hydrogen) atoms. The number of amides is 2. The van der Waals surface area contributed by atoms with Crippen molar-refractivity contribution in [1.29, 1.82) is 0 Å². The summed E-state index contributed by atoms with van der Waals surface area (Å²) in [6.07, 6.45) is 4.77. The summed E-state index contributed by atoms with van der Waals surface area (Å²) in [7, 11) is 0. The van der Waals surface area contributed by atoms with E-state index in [2.05, 4.69) is 22.9 Å². The first-order chi connectivity index (χ1) is 7.75. The van der Waals surface area contributed by atoms with Crippen molar-refractivity contribution >= 4 is 6.03 Å². The molecule has 0 bridgehead atoms. The van der Waals surface area contributed by atoms with Crippen LogP contribution in [0.1, 0.15) is 32.6 Å². The van der Waals surface area contributed by atoms with Gasteiger partial charge in [0, 0.05) is 12.6 Å². The van der Waals surface area contributed by atoms with Gasteiger partial charge in [-0.3, -0.25) is 0 Å². The molecule has 3 N–H and O–H groups in total. The van der Waals surface area contributed by atoms with Crippen molar-refractivity contribution < 1.29 is 4.79 Å². The van der Waals surface area contributed by atoms with Crippen LogP contribution in [0.3, 0.4) is 0 Å². The minimum Gasteiger partial charge on any atom is -0.338 e. The highest BCUT2D eigenvalue weighted by Crippen LogP contribution is 2.18. The Labute approximate surface area is 97.6 Å². The number of hydrogen-bond acceptors (Lipinski definition) is 2. The molecule has 1 heterocycles. The van der Waals surface area contributed by atoms with Crippen molar-refractivity contribution in [3.8, 4) is 0 Å². The first kappa shape index (κ1) is 11.7. The lowest BCUT2D eigenvalue weighted by atomic mass is 9.88. The SMILES string of the molecule is CC1CCNCC1CNC(=O)NC1CCC1. The summed E-state index contributed by atoms with van der Waals surface area (Å²) in [6, 6.07) is 0.448. The number of rotatable bonds is 3. The van der Waals surface area contributed by atoms with Gasteiger partial charge in [0.05, 0.1) is 0 Å². The number of urea groups is 1. The zero-order valence-electron chi connectivity index (χ0n) is 10.1. The lowest BCUT2D eigenvalue weighted by Crippen LogP contribution is -2.48. The van der Waals surface area contributed by atoms with Gasteiger partial charge in [0.15, 0.2) is 0 Å². The van der Waals surface area contributed by atoms with E-state index in [1.165, 1.54) is 12.8 Å². The highest BCUT2D eigenvalue weighted by molar-refractivity contribution is 5.74. The molecule has 4 heteroatoms. The fraction of sp³-hybridized carbons (Fsp3) is 0.917. The monoisotopic (exact) mass is 225 g/mol. The van der Waals surface area contributed by atoms with Gasteiger partial charge in [0.2, 0.25) is 0 Å². The van der Waals surface area contributed by atoms with E-state index in [1.807, 2.05) is 0 Å². The largest absolute Gasteiger partial charge is 0.338 e. The van der Waals surface area contributed by atoms with Gasteiger partial charge in [-0.2, -0.15) is 0 Å². The van der Waals surface area contributed by atoms with E-state index in [-0.39, 0.29) is 6.03 Å². The maximum absolute atomic E-state index is 11.6. The molecule has 0 aromatic carbocycles. The van der Waals surface area contributed by atoms with Crippen molar-refractivity contribution in [1.82, 2.24) is 16.0 Å². The molecule has 2 amide bonds. The lowest BCUT2D eigenvalue weighted by Gasteiger charge is -2.30. The van der Waals surface area contributed by atoms with Gasteiger partial charge in [-0.1, -0.05) is 6.92 Å². The average Bonchev–Trinajstić information content (AvgIpc) is 2.22. The first-order valence-corrected chi connectivity index (χ1v) is 6.51. The number of carbonyl (C=O) groups is 1. The molecule has 4 nitrogen and oxygen atoms in total. The van der Waals surface area contributed by atoms with Crippen LogP contribution in [-0.2, 0) is 0 Å². The van der Waals surface area contributed by atoms with Crippen LogP contribution in [0.15, 0.2) is 0 Å². The van der Waals surface area contributed by atoms with Crippen molar-refractivity contribution in [3.63, 3.8) is 0 Å². The summed E-state index contributed by atoms with van der Waals surface area (Å²) in [5, 5.41) is 9.37. The molecule has 1 aliphatic carbocycles. The van der Waals surface area contributed by atoms with Crippen LogP contribution in [0, 0.1) is 11.8 Å². The average molecular weight is 225 g/mol. The maximum Gasteiger partial charge on any atom is 0.315 e. The molecule has 1 aliphatic heterocycles. The zero-order valence-corrected chi connectivity index (χ0v) is 10.1. The molecule has 2 unspecified atom stereocenters. The molecular formula is C12H23N3O. The Morgan fingerprint density at radius 2 is 2.19 bits per heavy atom. The Morgan fingerprint density at radius 3 is 2.81 bits per heavy atom. The smallest absolute Gasteiger partial charge is 0.315 e. The minimum atomic E-state index is 0.0162. The molecule has 2 fully saturated rings. The van der Waals surface area contributed by atoms with Crippen molar-refractivity contribution in [3.05, 3.63) is 0 Å². The predicted molar refractivity (Wildman–Crippen MR) is 64.3 cm³/mol. The number of piperidine rings is 1. The van der Waals surface area contributed by atoms with Crippen LogP contribution >= 0.6 is 0 Å². The Balaban J connectivity index is 1.63. The molecule has 0 radical (unpaired) electrons. The Kier molecular flexibility index (Phi) is 4.04. The topological polar surface area (TPSA) is 53.2 Å². The number of hydrogen-bond donors (Lipinski definition) is 3.